The molecular weight excluding hydrogens is 184 g/mol. The molecule has 1 unspecified atom stereocenters. The maximum Gasteiger partial charge on any atom is 0.155 e. The molecule has 1 rings (SSSR count). The lowest BCUT2D eigenvalue weighted by atomic mass is 10.0. The lowest BCUT2D eigenvalue weighted by Crippen LogP contribution is -2.31. The molecule has 0 heterocycles. The Labute approximate surface area is 81.6 Å². The zero-order valence-corrected chi connectivity index (χ0v) is 9.44. The highest BCUT2D eigenvalue weighted by atomic mass is 32.2. The second kappa shape index (κ2) is 4.45. The molecule has 0 bridgehead atoms. The highest BCUT2D eigenvalue weighted by molar-refractivity contribution is 7.92. The summed E-state index contributed by atoms with van der Waals surface area (Å²) in [7, 11) is -2.81. The number of hydrogen-bond donors (Lipinski definition) is 0. The van der Waals surface area contributed by atoms with E-state index in [0.29, 0.717) is 0 Å². The summed E-state index contributed by atoms with van der Waals surface area (Å²) in [6, 6.07) is 0. The van der Waals surface area contributed by atoms with E-state index in [9.17, 15) is 8.42 Å². The van der Waals surface area contributed by atoms with E-state index in [2.05, 4.69) is 0 Å². The van der Waals surface area contributed by atoms with Gasteiger partial charge in [-0.2, -0.15) is 0 Å². The summed E-state index contributed by atoms with van der Waals surface area (Å²) in [4.78, 5) is 0. The van der Waals surface area contributed by atoms with Crippen LogP contribution in [0, 0.1) is 0 Å². The van der Waals surface area contributed by atoms with Crippen molar-refractivity contribution in [2.45, 2.75) is 62.9 Å². The van der Waals surface area contributed by atoms with Gasteiger partial charge in [0.25, 0.3) is 0 Å². The first kappa shape index (κ1) is 11.0. The molecule has 0 aromatic carbocycles. The zero-order chi connectivity index (χ0) is 9.90. The van der Waals surface area contributed by atoms with Crippen LogP contribution in [0.1, 0.15) is 52.4 Å². The molecule has 1 aliphatic carbocycles. The van der Waals surface area contributed by atoms with Crippen molar-refractivity contribution in [2.24, 2.45) is 0 Å². The van der Waals surface area contributed by atoms with E-state index in [4.69, 9.17) is 0 Å². The van der Waals surface area contributed by atoms with Crippen molar-refractivity contribution in [3.63, 3.8) is 0 Å². The molecule has 0 radical (unpaired) electrons. The van der Waals surface area contributed by atoms with Crippen molar-refractivity contribution >= 4 is 9.84 Å². The van der Waals surface area contributed by atoms with Gasteiger partial charge in [0.1, 0.15) is 0 Å². The van der Waals surface area contributed by atoms with Crippen molar-refractivity contribution in [1.82, 2.24) is 0 Å². The van der Waals surface area contributed by atoms with Crippen LogP contribution in [0.3, 0.4) is 0 Å². The average molecular weight is 204 g/mol. The third kappa shape index (κ3) is 2.46. The molecule has 0 aliphatic heterocycles. The highest BCUT2D eigenvalue weighted by Crippen LogP contribution is 2.26. The van der Waals surface area contributed by atoms with Gasteiger partial charge in [-0.3, -0.25) is 0 Å². The van der Waals surface area contributed by atoms with Gasteiger partial charge in [-0.05, 0) is 26.2 Å². The fourth-order valence-electron chi connectivity index (χ4n) is 1.95. The van der Waals surface area contributed by atoms with Crippen LogP contribution in [0.25, 0.3) is 0 Å². The second-order valence-electron chi connectivity index (χ2n) is 4.07. The van der Waals surface area contributed by atoms with Crippen molar-refractivity contribution in [1.29, 1.82) is 0 Å². The summed E-state index contributed by atoms with van der Waals surface area (Å²) in [5, 5.41) is -0.174. The minimum Gasteiger partial charge on any atom is -0.228 e. The van der Waals surface area contributed by atoms with E-state index in [1.54, 1.807) is 0 Å². The summed E-state index contributed by atoms with van der Waals surface area (Å²) in [5.41, 5.74) is 0. The van der Waals surface area contributed by atoms with Crippen molar-refractivity contribution in [2.75, 3.05) is 0 Å². The van der Waals surface area contributed by atoms with Gasteiger partial charge in [-0.15, -0.1) is 0 Å². The number of sulfone groups is 1. The molecule has 0 N–H and O–H groups in total. The van der Waals surface area contributed by atoms with Crippen LogP contribution in [-0.4, -0.2) is 18.9 Å². The van der Waals surface area contributed by atoms with E-state index >= 15 is 0 Å². The van der Waals surface area contributed by atoms with Crippen LogP contribution >= 0.6 is 0 Å². The molecular formula is C10H20O2S. The first-order valence-corrected chi connectivity index (χ1v) is 6.92. The van der Waals surface area contributed by atoms with E-state index in [1.165, 1.54) is 6.42 Å². The lowest BCUT2D eigenvalue weighted by molar-refractivity contribution is 0.478. The van der Waals surface area contributed by atoms with Crippen molar-refractivity contribution in [3.8, 4) is 0 Å². The molecule has 0 saturated heterocycles. The fourth-order valence-corrected chi connectivity index (χ4v) is 4.07. The second-order valence-corrected chi connectivity index (χ2v) is 6.72. The first-order valence-electron chi connectivity index (χ1n) is 5.31. The van der Waals surface area contributed by atoms with Gasteiger partial charge in [0.15, 0.2) is 9.84 Å². The van der Waals surface area contributed by atoms with Gasteiger partial charge in [0.05, 0.1) is 10.5 Å². The van der Waals surface area contributed by atoms with Crippen LogP contribution in [0.15, 0.2) is 0 Å². The maximum atomic E-state index is 11.9. The molecule has 1 aliphatic rings. The molecule has 0 aromatic rings. The monoisotopic (exact) mass is 204 g/mol. The average Bonchev–Trinajstić information content (AvgIpc) is 2.18. The molecule has 13 heavy (non-hydrogen) atoms. The molecule has 0 amide bonds. The van der Waals surface area contributed by atoms with Gasteiger partial charge < -0.3 is 0 Å². The Morgan fingerprint density at radius 3 is 2.23 bits per heavy atom. The van der Waals surface area contributed by atoms with Crippen LogP contribution in [0.5, 0.6) is 0 Å². The van der Waals surface area contributed by atoms with Gasteiger partial charge >= 0.3 is 0 Å². The van der Waals surface area contributed by atoms with Gasteiger partial charge in [0.2, 0.25) is 0 Å². The number of hydrogen-bond acceptors (Lipinski definition) is 2. The number of rotatable bonds is 3. The molecule has 0 spiro atoms. The third-order valence-electron chi connectivity index (χ3n) is 3.15. The lowest BCUT2D eigenvalue weighted by Gasteiger charge is -2.24. The van der Waals surface area contributed by atoms with Crippen LogP contribution in [0.4, 0.5) is 0 Å². The molecule has 1 atom stereocenters. The Morgan fingerprint density at radius 1 is 1.23 bits per heavy atom. The quantitative estimate of drug-likeness (QED) is 0.708. The molecule has 78 valence electrons. The van der Waals surface area contributed by atoms with E-state index in [1.807, 2.05) is 13.8 Å². The highest BCUT2D eigenvalue weighted by Gasteiger charge is 2.30. The molecule has 2 nitrogen and oxygen atoms in total. The van der Waals surface area contributed by atoms with Gasteiger partial charge in [-0.25, -0.2) is 8.42 Å². The summed E-state index contributed by atoms with van der Waals surface area (Å²) in [5.74, 6) is 0. The van der Waals surface area contributed by atoms with Crippen LogP contribution < -0.4 is 0 Å². The van der Waals surface area contributed by atoms with E-state index in [0.717, 1.165) is 32.1 Å². The molecule has 1 fully saturated rings. The van der Waals surface area contributed by atoms with Gasteiger partial charge in [0, 0.05) is 0 Å². The van der Waals surface area contributed by atoms with Crippen molar-refractivity contribution in [3.05, 3.63) is 0 Å². The standard InChI is InChI=1S/C10H20O2S/c1-3-9(2)13(11,12)10-7-5-4-6-8-10/h9-10H,3-8H2,1-2H3. The minimum atomic E-state index is -2.81. The topological polar surface area (TPSA) is 34.1 Å². The Morgan fingerprint density at radius 2 is 1.77 bits per heavy atom. The Hall–Kier alpha value is -0.0500. The largest absolute Gasteiger partial charge is 0.228 e. The minimum absolute atomic E-state index is 0.0313. The Bertz CT molecular complexity index is 238. The summed E-state index contributed by atoms with van der Waals surface area (Å²) in [6.07, 6.45) is 5.95. The molecule has 1 saturated carbocycles. The van der Waals surface area contributed by atoms with E-state index < -0.39 is 9.84 Å². The van der Waals surface area contributed by atoms with Crippen LogP contribution in [-0.2, 0) is 9.84 Å². The molecule has 0 aromatic heterocycles. The summed E-state index contributed by atoms with van der Waals surface area (Å²) in [6.45, 7) is 3.79. The van der Waals surface area contributed by atoms with Crippen LogP contribution in [0.2, 0.25) is 0 Å². The SMILES string of the molecule is CCC(C)S(=O)(=O)C1CCCCC1. The first-order chi connectivity index (χ1) is 6.09. The van der Waals surface area contributed by atoms with Gasteiger partial charge in [-0.1, -0.05) is 26.2 Å². The fraction of sp³-hybridized carbons (Fsp3) is 1.00. The Balaban J connectivity index is 2.67. The molecule has 3 heteroatoms. The van der Waals surface area contributed by atoms with Crippen molar-refractivity contribution < 1.29 is 8.42 Å². The zero-order valence-electron chi connectivity index (χ0n) is 8.62. The summed E-state index contributed by atoms with van der Waals surface area (Å²) < 4.78 is 23.8. The maximum absolute atomic E-state index is 11.9. The van der Waals surface area contributed by atoms with E-state index in [-0.39, 0.29) is 10.5 Å². The third-order valence-corrected chi connectivity index (χ3v) is 6.01. The normalized spacial score (nSPS) is 22.9. The predicted molar refractivity (Wildman–Crippen MR) is 55.5 cm³/mol. The smallest absolute Gasteiger partial charge is 0.155 e. The summed E-state index contributed by atoms with van der Waals surface area (Å²) >= 11 is 0. The predicted octanol–water partition coefficient (Wildman–Crippen LogP) is 2.53. The Kier molecular flexibility index (Phi) is 3.77.